The number of halogens is 1. The van der Waals surface area contributed by atoms with E-state index in [1.54, 1.807) is 48.5 Å². The van der Waals surface area contributed by atoms with Gasteiger partial charge in [-0.1, -0.05) is 104 Å². The first-order chi connectivity index (χ1) is 21.5. The van der Waals surface area contributed by atoms with Gasteiger partial charge in [-0.2, -0.15) is 0 Å². The van der Waals surface area contributed by atoms with E-state index in [0.717, 1.165) is 21.0 Å². The number of aryl methyl sites for hydroxylation is 2. The average Bonchev–Trinajstić information content (AvgIpc) is 3.01. The van der Waals surface area contributed by atoms with Crippen molar-refractivity contribution in [3.63, 3.8) is 0 Å². The molecular weight excluding hydrogens is 606 g/mol. The fourth-order valence-corrected chi connectivity index (χ4v) is 6.54. The predicted octanol–water partition coefficient (Wildman–Crippen LogP) is 6.56. The van der Waals surface area contributed by atoms with Crippen molar-refractivity contribution in [1.82, 2.24) is 10.2 Å². The Bertz CT molecular complexity index is 1710. The van der Waals surface area contributed by atoms with E-state index >= 15 is 0 Å². The van der Waals surface area contributed by atoms with Gasteiger partial charge in [-0.3, -0.25) is 13.9 Å². The molecule has 0 aliphatic carbocycles. The van der Waals surface area contributed by atoms with Gasteiger partial charge in [0.2, 0.25) is 11.8 Å². The van der Waals surface area contributed by atoms with Gasteiger partial charge in [0.05, 0.1) is 10.6 Å². The summed E-state index contributed by atoms with van der Waals surface area (Å²) >= 11 is 6.56. The summed E-state index contributed by atoms with van der Waals surface area (Å²) in [6, 6.07) is 29.2. The van der Waals surface area contributed by atoms with E-state index in [4.69, 9.17) is 11.6 Å². The Balaban J connectivity index is 1.81. The molecule has 4 aromatic carbocycles. The van der Waals surface area contributed by atoms with Gasteiger partial charge in [0.25, 0.3) is 10.0 Å². The Kier molecular flexibility index (Phi) is 11.4. The molecule has 0 spiro atoms. The monoisotopic (exact) mass is 645 g/mol. The van der Waals surface area contributed by atoms with Crippen molar-refractivity contribution in [2.24, 2.45) is 5.92 Å². The molecule has 1 N–H and O–H groups in total. The van der Waals surface area contributed by atoms with Gasteiger partial charge in [0.15, 0.2) is 0 Å². The van der Waals surface area contributed by atoms with E-state index in [-0.39, 0.29) is 29.7 Å². The Labute approximate surface area is 271 Å². The number of carbonyl (C=O) groups is 2. The molecule has 0 bridgehead atoms. The molecule has 0 aliphatic heterocycles. The van der Waals surface area contributed by atoms with Crippen molar-refractivity contribution >= 4 is 39.1 Å². The van der Waals surface area contributed by atoms with Gasteiger partial charge in [-0.05, 0) is 66.8 Å². The molecule has 4 rings (SSSR count). The maximum Gasteiger partial charge on any atom is 0.264 e. The number of carbonyl (C=O) groups excluding carboxylic acids is 2. The minimum atomic E-state index is -4.16. The molecule has 2 amide bonds. The standard InChI is InChI=1S/C36H40ClN3O4S/c1-26(2)23-38-36(42)34(22-29-12-6-5-7-13-29)39(24-30-14-8-9-16-33(30)37)35(41)25-40(31-15-10-11-28(4)21-31)45(43,44)32-19-17-27(3)18-20-32/h5-21,26,34H,22-25H2,1-4H3,(H,38,42). The number of amides is 2. The van der Waals surface area contributed by atoms with Crippen LogP contribution in [0.5, 0.6) is 0 Å². The first kappa shape index (κ1) is 33.7. The second-order valence-electron chi connectivity index (χ2n) is 11.6. The number of hydrogen-bond acceptors (Lipinski definition) is 4. The van der Waals surface area contributed by atoms with Crippen LogP contribution in [0.2, 0.25) is 5.02 Å². The van der Waals surface area contributed by atoms with Gasteiger partial charge in [0, 0.05) is 24.5 Å². The summed E-state index contributed by atoms with van der Waals surface area (Å²) in [7, 11) is -4.16. The summed E-state index contributed by atoms with van der Waals surface area (Å²) in [6.07, 6.45) is 0.232. The van der Waals surface area contributed by atoms with Gasteiger partial charge >= 0.3 is 0 Å². The topological polar surface area (TPSA) is 86.8 Å². The van der Waals surface area contributed by atoms with E-state index in [1.807, 2.05) is 70.2 Å². The van der Waals surface area contributed by atoms with E-state index in [1.165, 1.54) is 17.0 Å². The minimum absolute atomic E-state index is 0.0113. The molecule has 0 aliphatic rings. The third-order valence-electron chi connectivity index (χ3n) is 7.43. The summed E-state index contributed by atoms with van der Waals surface area (Å²) in [4.78, 5) is 29.9. The smallest absolute Gasteiger partial charge is 0.264 e. The summed E-state index contributed by atoms with van der Waals surface area (Å²) in [6.45, 7) is 7.64. The predicted molar refractivity (Wildman–Crippen MR) is 181 cm³/mol. The lowest BCUT2D eigenvalue weighted by Gasteiger charge is -2.34. The van der Waals surface area contributed by atoms with Crippen molar-refractivity contribution < 1.29 is 18.0 Å². The van der Waals surface area contributed by atoms with Gasteiger partial charge in [-0.25, -0.2) is 8.42 Å². The zero-order chi connectivity index (χ0) is 32.6. The quantitative estimate of drug-likeness (QED) is 0.178. The first-order valence-electron chi connectivity index (χ1n) is 15.0. The Morgan fingerprint density at radius 2 is 1.49 bits per heavy atom. The molecule has 0 heterocycles. The summed E-state index contributed by atoms with van der Waals surface area (Å²) in [5.74, 6) is -0.667. The van der Waals surface area contributed by atoms with Crippen LogP contribution in [0.1, 0.15) is 36.1 Å². The fraction of sp³-hybridized carbons (Fsp3) is 0.278. The third kappa shape index (κ3) is 8.96. The highest BCUT2D eigenvalue weighted by molar-refractivity contribution is 7.92. The lowest BCUT2D eigenvalue weighted by atomic mass is 10.0. The Morgan fingerprint density at radius 1 is 0.822 bits per heavy atom. The molecule has 0 saturated carbocycles. The summed E-state index contributed by atoms with van der Waals surface area (Å²) < 4.78 is 29.4. The van der Waals surface area contributed by atoms with Gasteiger partial charge in [-0.15, -0.1) is 0 Å². The molecule has 0 fully saturated rings. The zero-order valence-corrected chi connectivity index (χ0v) is 27.7. The number of nitrogens with zero attached hydrogens (tertiary/aromatic N) is 2. The SMILES string of the molecule is Cc1ccc(S(=O)(=O)N(CC(=O)N(Cc2ccccc2Cl)C(Cc2ccccc2)C(=O)NCC(C)C)c2cccc(C)c2)cc1. The molecule has 45 heavy (non-hydrogen) atoms. The van der Waals surface area contributed by atoms with Crippen LogP contribution in [0, 0.1) is 19.8 Å². The maximum absolute atomic E-state index is 14.5. The van der Waals surface area contributed by atoms with Crippen molar-refractivity contribution in [3.05, 3.63) is 130 Å². The van der Waals surface area contributed by atoms with Crippen LogP contribution in [0.3, 0.4) is 0 Å². The molecule has 0 aromatic heterocycles. The van der Waals surface area contributed by atoms with Crippen LogP contribution in [-0.2, 0) is 32.6 Å². The number of anilines is 1. The van der Waals surface area contributed by atoms with Gasteiger partial charge in [0.1, 0.15) is 12.6 Å². The molecule has 1 unspecified atom stereocenters. The lowest BCUT2D eigenvalue weighted by Crippen LogP contribution is -2.53. The lowest BCUT2D eigenvalue weighted by molar-refractivity contribution is -0.140. The minimum Gasteiger partial charge on any atom is -0.354 e. The van der Waals surface area contributed by atoms with Crippen LogP contribution in [0.25, 0.3) is 0 Å². The second kappa shape index (κ2) is 15.2. The average molecular weight is 646 g/mol. The number of benzene rings is 4. The number of hydrogen-bond donors (Lipinski definition) is 1. The Morgan fingerprint density at radius 3 is 2.13 bits per heavy atom. The van der Waals surface area contributed by atoms with Crippen molar-refractivity contribution in [3.8, 4) is 0 Å². The molecule has 4 aromatic rings. The molecule has 0 radical (unpaired) electrons. The van der Waals surface area contributed by atoms with Gasteiger partial charge < -0.3 is 10.2 Å². The van der Waals surface area contributed by atoms with E-state index in [9.17, 15) is 18.0 Å². The van der Waals surface area contributed by atoms with E-state index < -0.39 is 28.5 Å². The molecule has 9 heteroatoms. The van der Waals surface area contributed by atoms with Crippen molar-refractivity contribution in [2.45, 2.75) is 51.6 Å². The Hall–Kier alpha value is -4.14. The van der Waals surface area contributed by atoms with Crippen LogP contribution in [0.4, 0.5) is 5.69 Å². The maximum atomic E-state index is 14.5. The normalized spacial score (nSPS) is 12.0. The second-order valence-corrected chi connectivity index (χ2v) is 13.9. The molecule has 1 atom stereocenters. The van der Waals surface area contributed by atoms with Crippen molar-refractivity contribution in [1.29, 1.82) is 0 Å². The van der Waals surface area contributed by atoms with Crippen molar-refractivity contribution in [2.75, 3.05) is 17.4 Å². The van der Waals surface area contributed by atoms with E-state index in [2.05, 4.69) is 5.32 Å². The zero-order valence-electron chi connectivity index (χ0n) is 26.1. The highest BCUT2D eigenvalue weighted by Crippen LogP contribution is 2.27. The number of sulfonamides is 1. The van der Waals surface area contributed by atoms with Crippen LogP contribution in [0.15, 0.2) is 108 Å². The molecule has 7 nitrogen and oxygen atoms in total. The molecule has 0 saturated heterocycles. The first-order valence-corrected chi connectivity index (χ1v) is 16.8. The fourth-order valence-electron chi connectivity index (χ4n) is 4.94. The van der Waals surface area contributed by atoms with Crippen LogP contribution in [-0.4, -0.2) is 44.3 Å². The number of rotatable bonds is 13. The van der Waals surface area contributed by atoms with E-state index in [0.29, 0.717) is 22.8 Å². The highest BCUT2D eigenvalue weighted by atomic mass is 35.5. The largest absolute Gasteiger partial charge is 0.354 e. The molecule has 236 valence electrons. The number of nitrogens with one attached hydrogen (secondary N) is 1. The van der Waals surface area contributed by atoms with Crippen LogP contribution >= 0.6 is 11.6 Å². The summed E-state index contributed by atoms with van der Waals surface area (Å²) in [5, 5.41) is 3.44. The third-order valence-corrected chi connectivity index (χ3v) is 9.59. The van der Waals surface area contributed by atoms with Crippen LogP contribution < -0.4 is 9.62 Å². The highest BCUT2D eigenvalue weighted by Gasteiger charge is 2.35. The molecular formula is C36H40ClN3O4S. The summed E-state index contributed by atoms with van der Waals surface area (Å²) in [5.41, 5.74) is 3.61.